The number of phenols is 1. The monoisotopic (exact) mass is 348 g/mol. The molecular formula is C16H12FNO5P-. The normalized spacial score (nSPS) is 13.6. The largest absolute Gasteiger partial charge is 0.769 e. The standard InChI is InChI=1S/C16H13FNO5P/c1-3-9-6-11(19)8-13-15(9)22-16(18-13)10-4-5-14(12(17)7-10)23-24(2,20)21/h3-8,19H,1H2,2H3,(H,20,21)/p-1. The molecule has 8 heteroatoms. The molecule has 0 aliphatic carbocycles. The minimum Gasteiger partial charge on any atom is -0.769 e. The van der Waals surface area contributed by atoms with E-state index >= 15 is 0 Å². The highest BCUT2D eigenvalue weighted by Gasteiger charge is 2.15. The van der Waals surface area contributed by atoms with Crippen LogP contribution in [0.15, 0.2) is 41.3 Å². The van der Waals surface area contributed by atoms with Crippen molar-refractivity contribution in [2.75, 3.05) is 6.66 Å². The van der Waals surface area contributed by atoms with E-state index in [-0.39, 0.29) is 11.6 Å². The molecule has 0 aliphatic heterocycles. The van der Waals surface area contributed by atoms with Crippen LogP contribution in [0.2, 0.25) is 0 Å². The minimum absolute atomic E-state index is 0.00122. The van der Waals surface area contributed by atoms with E-state index in [4.69, 9.17) is 4.42 Å². The van der Waals surface area contributed by atoms with Crippen LogP contribution < -0.4 is 9.42 Å². The summed E-state index contributed by atoms with van der Waals surface area (Å²) in [6.07, 6.45) is 1.50. The number of halogens is 1. The maximum Gasteiger partial charge on any atom is 0.227 e. The van der Waals surface area contributed by atoms with Gasteiger partial charge in [0, 0.05) is 23.9 Å². The number of hydrogen-bond acceptors (Lipinski definition) is 6. The van der Waals surface area contributed by atoms with Gasteiger partial charge in [0.15, 0.2) is 24.7 Å². The predicted octanol–water partition coefficient (Wildman–Crippen LogP) is 3.54. The van der Waals surface area contributed by atoms with Crippen molar-refractivity contribution in [2.45, 2.75) is 0 Å². The maximum atomic E-state index is 14.0. The average Bonchev–Trinajstić information content (AvgIpc) is 2.90. The van der Waals surface area contributed by atoms with E-state index in [9.17, 15) is 19.0 Å². The lowest BCUT2D eigenvalue weighted by atomic mass is 10.2. The lowest BCUT2D eigenvalue weighted by Crippen LogP contribution is -2.05. The van der Waals surface area contributed by atoms with Gasteiger partial charge in [-0.2, -0.15) is 0 Å². The molecule has 1 N–H and O–H groups in total. The molecule has 3 rings (SSSR count). The second kappa shape index (κ2) is 5.78. The van der Waals surface area contributed by atoms with E-state index in [2.05, 4.69) is 16.1 Å². The fourth-order valence-corrected chi connectivity index (χ4v) is 2.71. The molecular weight excluding hydrogens is 336 g/mol. The number of fused-ring (bicyclic) bond motifs is 1. The number of nitrogens with zero attached hydrogens (tertiary/aromatic N) is 1. The molecule has 2 aromatic carbocycles. The third-order valence-corrected chi connectivity index (χ3v) is 3.69. The van der Waals surface area contributed by atoms with Crippen molar-refractivity contribution in [2.24, 2.45) is 0 Å². The third-order valence-electron chi connectivity index (χ3n) is 3.17. The average molecular weight is 348 g/mol. The molecule has 0 spiro atoms. The SMILES string of the molecule is C=Cc1cc(O)cc2nc(-c3ccc(OP(C)(=O)[O-])c(F)c3)oc12. The minimum atomic E-state index is -4.11. The predicted molar refractivity (Wildman–Crippen MR) is 85.3 cm³/mol. The highest BCUT2D eigenvalue weighted by Crippen LogP contribution is 2.37. The van der Waals surface area contributed by atoms with Crippen LogP contribution in [0.4, 0.5) is 4.39 Å². The molecule has 0 saturated carbocycles. The Morgan fingerprint density at radius 3 is 2.79 bits per heavy atom. The Hall–Kier alpha value is -2.63. The Balaban J connectivity index is 2.06. The van der Waals surface area contributed by atoms with Crippen molar-refractivity contribution in [3.63, 3.8) is 0 Å². The van der Waals surface area contributed by atoms with Gasteiger partial charge >= 0.3 is 0 Å². The van der Waals surface area contributed by atoms with Gasteiger partial charge in [0.1, 0.15) is 11.3 Å². The number of hydrogen-bond donors (Lipinski definition) is 1. The maximum absolute atomic E-state index is 14.0. The highest BCUT2D eigenvalue weighted by atomic mass is 31.2. The molecule has 0 saturated heterocycles. The van der Waals surface area contributed by atoms with Crippen LogP contribution in [-0.4, -0.2) is 16.8 Å². The quantitative estimate of drug-likeness (QED) is 0.725. The van der Waals surface area contributed by atoms with Crippen LogP contribution in [0.1, 0.15) is 5.56 Å². The molecule has 0 radical (unpaired) electrons. The lowest BCUT2D eigenvalue weighted by molar-refractivity contribution is -0.189. The van der Waals surface area contributed by atoms with E-state index < -0.39 is 19.2 Å². The molecule has 0 bridgehead atoms. The second-order valence-corrected chi connectivity index (χ2v) is 6.84. The van der Waals surface area contributed by atoms with E-state index in [1.54, 1.807) is 0 Å². The summed E-state index contributed by atoms with van der Waals surface area (Å²) in [5, 5.41) is 9.65. The summed E-state index contributed by atoms with van der Waals surface area (Å²) in [5.74, 6) is -1.15. The van der Waals surface area contributed by atoms with Gasteiger partial charge in [0.2, 0.25) is 5.89 Å². The van der Waals surface area contributed by atoms with Crippen molar-refractivity contribution in [3.8, 4) is 23.0 Å². The molecule has 0 amide bonds. The van der Waals surface area contributed by atoms with Crippen molar-refractivity contribution >= 4 is 24.8 Å². The van der Waals surface area contributed by atoms with Crippen LogP contribution >= 0.6 is 7.60 Å². The first-order valence-electron chi connectivity index (χ1n) is 6.81. The fourth-order valence-electron chi connectivity index (χ4n) is 2.20. The molecule has 24 heavy (non-hydrogen) atoms. The van der Waals surface area contributed by atoms with E-state index in [1.165, 1.54) is 30.3 Å². The summed E-state index contributed by atoms with van der Waals surface area (Å²) < 4.78 is 35.3. The van der Waals surface area contributed by atoms with Crippen molar-refractivity contribution in [1.29, 1.82) is 0 Å². The molecule has 6 nitrogen and oxygen atoms in total. The van der Waals surface area contributed by atoms with Crippen molar-refractivity contribution in [3.05, 3.63) is 48.3 Å². The summed E-state index contributed by atoms with van der Waals surface area (Å²) in [5.41, 5.74) is 1.62. The van der Waals surface area contributed by atoms with Gasteiger partial charge in [-0.3, -0.25) is 4.57 Å². The van der Waals surface area contributed by atoms with Crippen LogP contribution in [0, 0.1) is 5.82 Å². The molecule has 124 valence electrons. The fraction of sp³-hybridized carbons (Fsp3) is 0.0625. The zero-order valence-electron chi connectivity index (χ0n) is 12.5. The van der Waals surface area contributed by atoms with E-state index in [1.807, 2.05) is 0 Å². The second-order valence-electron chi connectivity index (χ2n) is 5.11. The number of rotatable bonds is 4. The molecule has 3 aromatic rings. The first kappa shape index (κ1) is 16.2. The van der Waals surface area contributed by atoms with Crippen LogP contribution in [0.25, 0.3) is 28.6 Å². The summed E-state index contributed by atoms with van der Waals surface area (Å²) in [7, 11) is -4.11. The highest BCUT2D eigenvalue weighted by molar-refractivity contribution is 7.50. The summed E-state index contributed by atoms with van der Waals surface area (Å²) >= 11 is 0. The van der Waals surface area contributed by atoms with Gasteiger partial charge in [-0.25, -0.2) is 9.37 Å². The Morgan fingerprint density at radius 2 is 2.17 bits per heavy atom. The first-order valence-corrected chi connectivity index (χ1v) is 8.80. The van der Waals surface area contributed by atoms with Gasteiger partial charge in [0.25, 0.3) is 0 Å². The topological polar surface area (TPSA) is 95.6 Å². The smallest absolute Gasteiger partial charge is 0.227 e. The van der Waals surface area contributed by atoms with E-state index in [0.717, 1.165) is 12.7 Å². The third kappa shape index (κ3) is 3.18. The zero-order chi connectivity index (χ0) is 17.5. The number of oxazole rings is 1. The molecule has 1 heterocycles. The van der Waals surface area contributed by atoms with Gasteiger partial charge < -0.3 is 18.9 Å². The molecule has 0 aliphatic rings. The van der Waals surface area contributed by atoms with Crippen LogP contribution in [0.3, 0.4) is 0 Å². The number of phenolic OH excluding ortho intramolecular Hbond substituents is 1. The number of aromatic hydroxyl groups is 1. The van der Waals surface area contributed by atoms with Crippen molar-refractivity contribution in [1.82, 2.24) is 4.98 Å². The Labute approximate surface area is 136 Å². The molecule has 1 atom stereocenters. The van der Waals surface area contributed by atoms with Gasteiger partial charge in [-0.15, -0.1) is 0 Å². The first-order chi connectivity index (χ1) is 11.3. The number of aromatic nitrogens is 1. The molecule has 1 aromatic heterocycles. The zero-order valence-corrected chi connectivity index (χ0v) is 13.4. The van der Waals surface area contributed by atoms with Crippen molar-refractivity contribution < 1.29 is 27.9 Å². The van der Waals surface area contributed by atoms with Crippen LogP contribution in [0.5, 0.6) is 11.5 Å². The molecule has 1 unspecified atom stereocenters. The molecule has 0 fully saturated rings. The Bertz CT molecular complexity index is 992. The van der Waals surface area contributed by atoms with E-state index in [0.29, 0.717) is 22.2 Å². The summed E-state index contributed by atoms with van der Waals surface area (Å²) in [4.78, 5) is 15.3. The summed E-state index contributed by atoms with van der Waals surface area (Å²) in [6.45, 7) is 4.48. The Morgan fingerprint density at radius 1 is 1.42 bits per heavy atom. The summed E-state index contributed by atoms with van der Waals surface area (Å²) in [6, 6.07) is 6.54. The number of benzene rings is 2. The van der Waals surface area contributed by atoms with Crippen LogP contribution in [-0.2, 0) is 4.57 Å². The Kier molecular flexibility index (Phi) is 3.91. The van der Waals surface area contributed by atoms with Gasteiger partial charge in [-0.1, -0.05) is 12.7 Å². The van der Waals surface area contributed by atoms with Gasteiger partial charge in [0.05, 0.1) is 0 Å². The lowest BCUT2D eigenvalue weighted by Gasteiger charge is -2.19. The van der Waals surface area contributed by atoms with Gasteiger partial charge in [-0.05, 0) is 24.3 Å².